The molecule has 2 aromatic carbocycles. The zero-order chi connectivity index (χ0) is 19.2. The van der Waals surface area contributed by atoms with Crippen molar-refractivity contribution in [3.63, 3.8) is 0 Å². The van der Waals surface area contributed by atoms with Crippen LogP contribution >= 0.6 is 0 Å². The number of hydrogen-bond acceptors (Lipinski definition) is 5. The summed E-state index contributed by atoms with van der Waals surface area (Å²) in [5.41, 5.74) is 6.17. The van der Waals surface area contributed by atoms with Gasteiger partial charge >= 0.3 is 0 Å². The number of benzene rings is 2. The van der Waals surface area contributed by atoms with Crippen LogP contribution in [0.4, 0.5) is 0 Å². The van der Waals surface area contributed by atoms with Gasteiger partial charge in [0.05, 0.1) is 20.8 Å². The maximum absolute atomic E-state index is 12.4. The summed E-state index contributed by atoms with van der Waals surface area (Å²) in [6.45, 7) is -0.0970. The zero-order valence-corrected chi connectivity index (χ0v) is 15.1. The highest BCUT2D eigenvalue weighted by molar-refractivity contribution is 7.89. The highest BCUT2D eigenvalue weighted by Gasteiger charge is 2.19. The summed E-state index contributed by atoms with van der Waals surface area (Å²) in [4.78, 5) is 11.0. The predicted octanol–water partition coefficient (Wildman–Crippen LogP) is 1.13. The molecule has 0 radical (unpaired) electrons. The van der Waals surface area contributed by atoms with Crippen LogP contribution in [0.15, 0.2) is 47.4 Å². The van der Waals surface area contributed by atoms with E-state index in [9.17, 15) is 13.2 Å². The Kier molecular flexibility index (Phi) is 6.22. The predicted molar refractivity (Wildman–Crippen MR) is 96.6 cm³/mol. The standard InChI is InChI=1S/C18H18N2O5S/c1-24-15-9-10-16(25-2)17(12-15)26(22,23)20-11-3-4-13-5-7-14(8-6-13)18(19)21/h5-10,12,20H,11H2,1-2H3,(H2,19,21). The van der Waals surface area contributed by atoms with Gasteiger partial charge in [-0.15, -0.1) is 0 Å². The van der Waals surface area contributed by atoms with Gasteiger partial charge in [0.1, 0.15) is 16.4 Å². The van der Waals surface area contributed by atoms with E-state index in [1.807, 2.05) is 0 Å². The van der Waals surface area contributed by atoms with Crippen molar-refractivity contribution >= 4 is 15.9 Å². The Morgan fingerprint density at radius 1 is 1.12 bits per heavy atom. The van der Waals surface area contributed by atoms with Crippen LogP contribution in [0.2, 0.25) is 0 Å². The molecule has 0 aliphatic rings. The van der Waals surface area contributed by atoms with Crippen LogP contribution in [0.1, 0.15) is 15.9 Å². The fraction of sp³-hybridized carbons (Fsp3) is 0.167. The summed E-state index contributed by atoms with van der Waals surface area (Å²) in [5, 5.41) is 0. The van der Waals surface area contributed by atoms with Crippen LogP contribution in [-0.4, -0.2) is 35.1 Å². The summed E-state index contributed by atoms with van der Waals surface area (Å²) in [6.07, 6.45) is 0. The van der Waals surface area contributed by atoms with E-state index in [0.717, 1.165) is 0 Å². The van der Waals surface area contributed by atoms with E-state index in [2.05, 4.69) is 16.6 Å². The van der Waals surface area contributed by atoms with E-state index < -0.39 is 15.9 Å². The molecule has 0 aliphatic heterocycles. The number of ether oxygens (including phenoxy) is 2. The lowest BCUT2D eigenvalue weighted by Crippen LogP contribution is -2.24. The van der Waals surface area contributed by atoms with Crippen molar-refractivity contribution in [1.82, 2.24) is 4.72 Å². The summed E-state index contributed by atoms with van der Waals surface area (Å²) >= 11 is 0. The molecule has 8 heteroatoms. The summed E-state index contributed by atoms with van der Waals surface area (Å²) < 4.78 is 37.4. The van der Waals surface area contributed by atoms with Crippen LogP contribution in [-0.2, 0) is 10.0 Å². The lowest BCUT2D eigenvalue weighted by molar-refractivity contribution is 0.100. The van der Waals surface area contributed by atoms with Gasteiger partial charge in [-0.05, 0) is 36.4 Å². The maximum Gasteiger partial charge on any atom is 0.248 e. The van der Waals surface area contributed by atoms with Gasteiger partial charge in [0.15, 0.2) is 0 Å². The third kappa shape index (κ3) is 4.75. The minimum absolute atomic E-state index is 0.0352. The second-order valence-electron chi connectivity index (χ2n) is 5.08. The van der Waals surface area contributed by atoms with Crippen molar-refractivity contribution < 1.29 is 22.7 Å². The quantitative estimate of drug-likeness (QED) is 0.737. The van der Waals surface area contributed by atoms with Gasteiger partial charge < -0.3 is 15.2 Å². The lowest BCUT2D eigenvalue weighted by atomic mass is 10.1. The number of methoxy groups -OCH3 is 2. The van der Waals surface area contributed by atoms with Crippen molar-refractivity contribution in [3.05, 3.63) is 53.6 Å². The molecule has 2 aromatic rings. The first-order valence-corrected chi connectivity index (χ1v) is 8.96. The van der Waals surface area contributed by atoms with Crippen LogP contribution in [0.25, 0.3) is 0 Å². The Balaban J connectivity index is 2.11. The number of amides is 1. The monoisotopic (exact) mass is 374 g/mol. The van der Waals surface area contributed by atoms with Crippen LogP contribution < -0.4 is 19.9 Å². The molecule has 1 amide bonds. The van der Waals surface area contributed by atoms with Gasteiger partial charge in [-0.25, -0.2) is 8.42 Å². The number of hydrogen-bond donors (Lipinski definition) is 2. The summed E-state index contributed by atoms with van der Waals surface area (Å²) in [7, 11) is -0.996. The van der Waals surface area contributed by atoms with Gasteiger partial charge in [0, 0.05) is 17.2 Å². The molecule has 7 nitrogen and oxygen atoms in total. The largest absolute Gasteiger partial charge is 0.497 e. The molecule has 0 saturated carbocycles. The zero-order valence-electron chi connectivity index (χ0n) is 14.3. The van der Waals surface area contributed by atoms with Crippen molar-refractivity contribution in [3.8, 4) is 23.3 Å². The number of sulfonamides is 1. The molecule has 0 bridgehead atoms. The summed E-state index contributed by atoms with van der Waals surface area (Å²) in [5.74, 6) is 5.59. The number of carbonyl (C=O) groups is 1. The number of primary amides is 1. The van der Waals surface area contributed by atoms with Crippen molar-refractivity contribution in [2.45, 2.75) is 4.90 Å². The second kappa shape index (κ2) is 8.38. The van der Waals surface area contributed by atoms with E-state index in [0.29, 0.717) is 16.9 Å². The fourth-order valence-corrected chi connectivity index (χ4v) is 3.17. The molecular formula is C18H18N2O5S. The third-order valence-corrected chi connectivity index (χ3v) is 4.84. The Morgan fingerprint density at radius 2 is 1.81 bits per heavy atom. The van der Waals surface area contributed by atoms with Crippen molar-refractivity contribution in [2.24, 2.45) is 5.73 Å². The van der Waals surface area contributed by atoms with Crippen LogP contribution in [0, 0.1) is 11.8 Å². The second-order valence-corrected chi connectivity index (χ2v) is 6.82. The molecule has 0 fully saturated rings. The molecule has 0 spiro atoms. The highest BCUT2D eigenvalue weighted by atomic mass is 32.2. The van der Waals surface area contributed by atoms with E-state index in [-0.39, 0.29) is 17.2 Å². The molecule has 26 heavy (non-hydrogen) atoms. The van der Waals surface area contributed by atoms with Crippen molar-refractivity contribution in [1.29, 1.82) is 0 Å². The van der Waals surface area contributed by atoms with Gasteiger partial charge in [0.25, 0.3) is 0 Å². The van der Waals surface area contributed by atoms with Gasteiger partial charge in [-0.3, -0.25) is 4.79 Å². The molecule has 0 atom stereocenters. The van der Waals surface area contributed by atoms with Gasteiger partial charge in [-0.1, -0.05) is 11.8 Å². The van der Waals surface area contributed by atoms with E-state index in [4.69, 9.17) is 15.2 Å². The van der Waals surface area contributed by atoms with Crippen molar-refractivity contribution in [2.75, 3.05) is 20.8 Å². The Labute approximate surface area is 152 Å². The Bertz CT molecular complexity index is 957. The van der Waals surface area contributed by atoms with Gasteiger partial charge in [0.2, 0.25) is 15.9 Å². The van der Waals surface area contributed by atoms with E-state index in [1.54, 1.807) is 30.3 Å². The fourth-order valence-electron chi connectivity index (χ4n) is 2.07. The Morgan fingerprint density at radius 3 is 2.38 bits per heavy atom. The number of rotatable bonds is 6. The number of nitrogens with two attached hydrogens (primary N) is 1. The number of carbonyl (C=O) groups excluding carboxylic acids is 1. The molecule has 0 aromatic heterocycles. The maximum atomic E-state index is 12.4. The molecular weight excluding hydrogens is 356 g/mol. The average molecular weight is 374 g/mol. The SMILES string of the molecule is COc1ccc(OC)c(S(=O)(=O)NCC#Cc2ccc(C(N)=O)cc2)c1. The lowest BCUT2D eigenvalue weighted by Gasteiger charge is -2.10. The summed E-state index contributed by atoms with van der Waals surface area (Å²) in [6, 6.07) is 10.9. The normalized spacial score (nSPS) is 10.5. The smallest absolute Gasteiger partial charge is 0.248 e. The first-order valence-electron chi connectivity index (χ1n) is 7.48. The molecule has 0 saturated heterocycles. The highest BCUT2D eigenvalue weighted by Crippen LogP contribution is 2.27. The van der Waals surface area contributed by atoms with Gasteiger partial charge in [-0.2, -0.15) is 4.72 Å². The third-order valence-electron chi connectivity index (χ3n) is 3.41. The molecule has 0 heterocycles. The van der Waals surface area contributed by atoms with E-state index in [1.165, 1.54) is 26.4 Å². The Hall–Kier alpha value is -3.02. The molecule has 0 unspecified atom stereocenters. The van der Waals surface area contributed by atoms with E-state index >= 15 is 0 Å². The van der Waals surface area contributed by atoms with Crippen LogP contribution in [0.5, 0.6) is 11.5 Å². The molecule has 136 valence electrons. The molecule has 3 N–H and O–H groups in total. The number of nitrogens with one attached hydrogen (secondary N) is 1. The minimum Gasteiger partial charge on any atom is -0.497 e. The molecule has 2 rings (SSSR count). The topological polar surface area (TPSA) is 108 Å². The first kappa shape index (κ1) is 19.3. The molecule has 0 aliphatic carbocycles. The first-order chi connectivity index (χ1) is 12.4. The average Bonchev–Trinajstić information content (AvgIpc) is 2.65. The minimum atomic E-state index is -3.83. The van der Waals surface area contributed by atoms with Crippen LogP contribution in [0.3, 0.4) is 0 Å².